The number of aliphatic hydroxyl groups is 1. The van der Waals surface area contributed by atoms with Crippen molar-refractivity contribution in [1.82, 2.24) is 0 Å². The van der Waals surface area contributed by atoms with Gasteiger partial charge in [-0.25, -0.2) is 0 Å². The zero-order valence-corrected chi connectivity index (χ0v) is 11.4. The highest BCUT2D eigenvalue weighted by Crippen LogP contribution is 2.26. The molecule has 100 valence electrons. The third-order valence-corrected chi connectivity index (χ3v) is 3.84. The minimum atomic E-state index is -0.497. The van der Waals surface area contributed by atoms with E-state index in [0.29, 0.717) is 12.7 Å². The molecule has 1 saturated carbocycles. The number of aliphatic hydroxyl groups excluding tert-OH is 1. The van der Waals surface area contributed by atoms with Gasteiger partial charge in [0.1, 0.15) is 6.10 Å². The second-order valence-electron chi connectivity index (χ2n) is 5.65. The lowest BCUT2D eigenvalue weighted by atomic mass is 9.89. The van der Waals surface area contributed by atoms with Crippen molar-refractivity contribution in [2.45, 2.75) is 51.7 Å². The zero-order chi connectivity index (χ0) is 13.0. The number of hydrogen-bond donors (Lipinski definition) is 1. The molecule has 0 saturated heterocycles. The Bertz CT molecular complexity index is 358. The van der Waals surface area contributed by atoms with Crippen molar-refractivity contribution in [1.29, 1.82) is 0 Å². The standard InChI is InChI=1S/C16H24O2/c1-12-6-8-14(9-7-12)16(17)11-18-15-5-3-4-13(2)10-15/h6-9,13,15-17H,3-5,10-11H2,1-2H3. The summed E-state index contributed by atoms with van der Waals surface area (Å²) in [5.74, 6) is 0.764. The molecule has 3 unspecified atom stereocenters. The molecule has 18 heavy (non-hydrogen) atoms. The van der Waals surface area contributed by atoms with E-state index in [4.69, 9.17) is 4.74 Å². The number of rotatable bonds is 4. The molecule has 2 rings (SSSR count). The van der Waals surface area contributed by atoms with Crippen molar-refractivity contribution in [2.75, 3.05) is 6.61 Å². The Morgan fingerprint density at radius 3 is 2.67 bits per heavy atom. The van der Waals surface area contributed by atoms with Crippen LogP contribution in [0.25, 0.3) is 0 Å². The monoisotopic (exact) mass is 248 g/mol. The van der Waals surface area contributed by atoms with E-state index in [1.165, 1.54) is 18.4 Å². The topological polar surface area (TPSA) is 29.5 Å². The smallest absolute Gasteiger partial charge is 0.102 e. The fourth-order valence-electron chi connectivity index (χ4n) is 2.64. The second-order valence-corrected chi connectivity index (χ2v) is 5.65. The van der Waals surface area contributed by atoms with Gasteiger partial charge in [-0.1, -0.05) is 49.6 Å². The predicted octanol–water partition coefficient (Wildman–Crippen LogP) is 3.62. The summed E-state index contributed by atoms with van der Waals surface area (Å²) in [4.78, 5) is 0. The quantitative estimate of drug-likeness (QED) is 0.881. The molecule has 2 heteroatoms. The second kappa shape index (κ2) is 6.35. The van der Waals surface area contributed by atoms with Gasteiger partial charge in [-0.3, -0.25) is 0 Å². The maximum absolute atomic E-state index is 10.1. The molecule has 1 aliphatic carbocycles. The van der Waals surface area contributed by atoms with E-state index in [1.807, 2.05) is 24.3 Å². The van der Waals surface area contributed by atoms with Crippen LogP contribution in [-0.4, -0.2) is 17.8 Å². The Morgan fingerprint density at radius 2 is 2.00 bits per heavy atom. The molecular weight excluding hydrogens is 224 g/mol. The van der Waals surface area contributed by atoms with Crippen LogP contribution in [0.4, 0.5) is 0 Å². The Labute approximate surface area is 110 Å². The molecule has 1 aliphatic rings. The molecule has 0 aliphatic heterocycles. The molecular formula is C16H24O2. The largest absolute Gasteiger partial charge is 0.386 e. The lowest BCUT2D eigenvalue weighted by Gasteiger charge is -2.27. The predicted molar refractivity (Wildman–Crippen MR) is 73.5 cm³/mol. The van der Waals surface area contributed by atoms with Gasteiger partial charge in [0.25, 0.3) is 0 Å². The summed E-state index contributed by atoms with van der Waals surface area (Å²) in [5, 5.41) is 10.1. The van der Waals surface area contributed by atoms with E-state index < -0.39 is 6.10 Å². The molecule has 0 amide bonds. The van der Waals surface area contributed by atoms with Gasteiger partial charge in [-0.2, -0.15) is 0 Å². The van der Waals surface area contributed by atoms with Gasteiger partial charge < -0.3 is 9.84 Å². The first-order valence-electron chi connectivity index (χ1n) is 7.01. The Morgan fingerprint density at radius 1 is 1.28 bits per heavy atom. The van der Waals surface area contributed by atoms with Crippen LogP contribution in [0.5, 0.6) is 0 Å². The average molecular weight is 248 g/mol. The average Bonchev–Trinajstić information content (AvgIpc) is 2.37. The number of aryl methyl sites for hydroxylation is 1. The first kappa shape index (κ1) is 13.6. The molecule has 0 aromatic heterocycles. The molecule has 3 atom stereocenters. The summed E-state index contributed by atoms with van der Waals surface area (Å²) in [5.41, 5.74) is 2.16. The van der Waals surface area contributed by atoms with Crippen LogP contribution in [-0.2, 0) is 4.74 Å². The van der Waals surface area contributed by atoms with Crippen LogP contribution >= 0.6 is 0 Å². The van der Waals surface area contributed by atoms with Crippen LogP contribution in [0.1, 0.15) is 49.8 Å². The first-order chi connectivity index (χ1) is 8.65. The fraction of sp³-hybridized carbons (Fsp3) is 0.625. The summed E-state index contributed by atoms with van der Waals surface area (Å²) in [6.45, 7) is 4.75. The molecule has 1 aromatic rings. The summed E-state index contributed by atoms with van der Waals surface area (Å²) in [6.07, 6.45) is 4.70. The lowest BCUT2D eigenvalue weighted by Crippen LogP contribution is -2.23. The van der Waals surface area contributed by atoms with Gasteiger partial charge in [0.2, 0.25) is 0 Å². The molecule has 1 aromatic carbocycles. The summed E-state index contributed by atoms with van der Waals surface area (Å²) in [7, 11) is 0. The highest BCUT2D eigenvalue weighted by molar-refractivity contribution is 5.23. The van der Waals surface area contributed by atoms with Crippen LogP contribution in [0.15, 0.2) is 24.3 Å². The van der Waals surface area contributed by atoms with Crippen LogP contribution in [0.2, 0.25) is 0 Å². The van der Waals surface area contributed by atoms with E-state index >= 15 is 0 Å². The molecule has 0 spiro atoms. The van der Waals surface area contributed by atoms with E-state index in [0.717, 1.165) is 24.3 Å². The highest BCUT2D eigenvalue weighted by atomic mass is 16.5. The summed E-state index contributed by atoms with van der Waals surface area (Å²) in [6, 6.07) is 8.02. The van der Waals surface area contributed by atoms with Gasteiger partial charge in [0.05, 0.1) is 12.7 Å². The third kappa shape index (κ3) is 3.82. The fourth-order valence-corrected chi connectivity index (χ4v) is 2.64. The van der Waals surface area contributed by atoms with E-state index in [1.54, 1.807) is 0 Å². The van der Waals surface area contributed by atoms with Crippen LogP contribution in [0.3, 0.4) is 0 Å². The first-order valence-corrected chi connectivity index (χ1v) is 7.01. The number of hydrogen-bond acceptors (Lipinski definition) is 2. The lowest BCUT2D eigenvalue weighted by molar-refractivity contribution is -0.0322. The molecule has 2 nitrogen and oxygen atoms in total. The minimum absolute atomic E-state index is 0.342. The van der Waals surface area contributed by atoms with Gasteiger partial charge in [-0.05, 0) is 31.2 Å². The van der Waals surface area contributed by atoms with Crippen molar-refractivity contribution in [2.24, 2.45) is 5.92 Å². The van der Waals surface area contributed by atoms with Crippen molar-refractivity contribution >= 4 is 0 Å². The van der Waals surface area contributed by atoms with Crippen LogP contribution < -0.4 is 0 Å². The Balaban J connectivity index is 1.80. The Hall–Kier alpha value is -0.860. The van der Waals surface area contributed by atoms with Crippen molar-refractivity contribution in [3.8, 4) is 0 Å². The minimum Gasteiger partial charge on any atom is -0.386 e. The number of ether oxygens (including phenoxy) is 1. The molecule has 0 bridgehead atoms. The van der Waals surface area contributed by atoms with E-state index in [-0.39, 0.29) is 0 Å². The molecule has 0 heterocycles. The normalized spacial score (nSPS) is 25.9. The molecule has 1 N–H and O–H groups in total. The van der Waals surface area contributed by atoms with Crippen LogP contribution in [0, 0.1) is 12.8 Å². The van der Waals surface area contributed by atoms with Crippen molar-refractivity contribution in [3.05, 3.63) is 35.4 Å². The SMILES string of the molecule is Cc1ccc(C(O)COC2CCCC(C)C2)cc1. The van der Waals surface area contributed by atoms with Gasteiger partial charge >= 0.3 is 0 Å². The van der Waals surface area contributed by atoms with Crippen molar-refractivity contribution in [3.63, 3.8) is 0 Å². The molecule has 0 radical (unpaired) electrons. The maximum Gasteiger partial charge on any atom is 0.102 e. The van der Waals surface area contributed by atoms with E-state index in [9.17, 15) is 5.11 Å². The van der Waals surface area contributed by atoms with Gasteiger partial charge in [0, 0.05) is 0 Å². The molecule has 1 fully saturated rings. The summed E-state index contributed by atoms with van der Waals surface area (Å²) >= 11 is 0. The Kier molecular flexibility index (Phi) is 4.79. The van der Waals surface area contributed by atoms with E-state index in [2.05, 4.69) is 13.8 Å². The van der Waals surface area contributed by atoms with Crippen molar-refractivity contribution < 1.29 is 9.84 Å². The van der Waals surface area contributed by atoms with Gasteiger partial charge in [0.15, 0.2) is 0 Å². The maximum atomic E-state index is 10.1. The third-order valence-electron chi connectivity index (χ3n) is 3.84. The number of benzene rings is 1. The highest BCUT2D eigenvalue weighted by Gasteiger charge is 2.20. The summed E-state index contributed by atoms with van der Waals surface area (Å²) < 4.78 is 5.85. The van der Waals surface area contributed by atoms with Gasteiger partial charge in [-0.15, -0.1) is 0 Å². The zero-order valence-electron chi connectivity index (χ0n) is 11.4.